The molecule has 0 atom stereocenters. The van der Waals surface area contributed by atoms with E-state index in [0.29, 0.717) is 12.1 Å². The maximum absolute atomic E-state index is 5.95. The van der Waals surface area contributed by atoms with E-state index >= 15 is 0 Å². The van der Waals surface area contributed by atoms with E-state index in [0.717, 1.165) is 25.7 Å². The van der Waals surface area contributed by atoms with Gasteiger partial charge in [-0.25, -0.2) is 0 Å². The van der Waals surface area contributed by atoms with Gasteiger partial charge in [-0.3, -0.25) is 4.99 Å². The highest BCUT2D eigenvalue weighted by molar-refractivity contribution is 5.80. The zero-order chi connectivity index (χ0) is 13.3. The Balaban J connectivity index is 1.61. The minimum Gasteiger partial charge on any atom is -0.376 e. The molecule has 19 heavy (non-hydrogen) atoms. The molecule has 0 heterocycles. The highest BCUT2D eigenvalue weighted by atomic mass is 16.5. The highest BCUT2D eigenvalue weighted by Crippen LogP contribution is 2.19. The van der Waals surface area contributed by atoms with Gasteiger partial charge in [-0.05, 0) is 32.6 Å². The fraction of sp³-hybridized carbons (Fsp3) is 0.933. The molecule has 110 valence electrons. The summed E-state index contributed by atoms with van der Waals surface area (Å²) in [6.07, 6.45) is 11.0. The van der Waals surface area contributed by atoms with Gasteiger partial charge in [0.15, 0.2) is 5.96 Å². The van der Waals surface area contributed by atoms with Crippen LogP contribution in [-0.2, 0) is 4.74 Å². The molecule has 2 aliphatic rings. The fourth-order valence-corrected chi connectivity index (χ4v) is 2.53. The van der Waals surface area contributed by atoms with Crippen LogP contribution in [0.2, 0.25) is 0 Å². The van der Waals surface area contributed by atoms with Gasteiger partial charge in [-0.15, -0.1) is 0 Å². The molecule has 0 spiro atoms. The second kappa shape index (κ2) is 8.41. The van der Waals surface area contributed by atoms with Crippen LogP contribution < -0.4 is 10.6 Å². The third-order valence-electron chi connectivity index (χ3n) is 3.78. The van der Waals surface area contributed by atoms with Gasteiger partial charge in [0.05, 0.1) is 19.3 Å². The first kappa shape index (κ1) is 14.6. The number of hydrogen-bond donors (Lipinski definition) is 2. The van der Waals surface area contributed by atoms with Crippen molar-refractivity contribution in [2.45, 2.75) is 70.4 Å². The predicted molar refractivity (Wildman–Crippen MR) is 79.6 cm³/mol. The predicted octanol–water partition coefficient (Wildman–Crippen LogP) is 2.44. The van der Waals surface area contributed by atoms with Crippen LogP contribution in [-0.4, -0.2) is 37.8 Å². The Labute approximate surface area is 117 Å². The third-order valence-corrected chi connectivity index (χ3v) is 3.78. The average molecular weight is 267 g/mol. The summed E-state index contributed by atoms with van der Waals surface area (Å²) in [5, 5.41) is 6.71. The van der Waals surface area contributed by atoms with Gasteiger partial charge < -0.3 is 15.4 Å². The molecule has 0 aromatic heterocycles. The van der Waals surface area contributed by atoms with E-state index in [1.165, 1.54) is 51.4 Å². The molecule has 2 N–H and O–H groups in total. The molecule has 0 amide bonds. The first-order valence-electron chi connectivity index (χ1n) is 8.05. The van der Waals surface area contributed by atoms with E-state index in [1.807, 2.05) is 0 Å². The minimum atomic E-state index is 0.483. The summed E-state index contributed by atoms with van der Waals surface area (Å²) < 4.78 is 5.95. The van der Waals surface area contributed by atoms with Crippen molar-refractivity contribution >= 4 is 5.96 Å². The Kier molecular flexibility index (Phi) is 6.48. The van der Waals surface area contributed by atoms with Crippen LogP contribution in [0.15, 0.2) is 4.99 Å². The van der Waals surface area contributed by atoms with Gasteiger partial charge in [0.25, 0.3) is 0 Å². The summed E-state index contributed by atoms with van der Waals surface area (Å²) in [4.78, 5) is 4.57. The molecule has 0 aliphatic heterocycles. The third kappa shape index (κ3) is 6.28. The van der Waals surface area contributed by atoms with Crippen molar-refractivity contribution in [1.82, 2.24) is 10.6 Å². The minimum absolute atomic E-state index is 0.483. The first-order chi connectivity index (χ1) is 9.38. The molecule has 0 radical (unpaired) electrons. The maximum atomic E-state index is 5.95. The van der Waals surface area contributed by atoms with Crippen LogP contribution in [0.3, 0.4) is 0 Å². The van der Waals surface area contributed by atoms with Crippen LogP contribution in [0.25, 0.3) is 0 Å². The summed E-state index contributed by atoms with van der Waals surface area (Å²) in [6.45, 7) is 4.54. The highest BCUT2D eigenvalue weighted by Gasteiger charge is 2.22. The Morgan fingerprint density at radius 2 is 1.84 bits per heavy atom. The average Bonchev–Trinajstić information content (AvgIpc) is 3.22. The maximum Gasteiger partial charge on any atom is 0.191 e. The van der Waals surface area contributed by atoms with Crippen molar-refractivity contribution in [1.29, 1.82) is 0 Å². The van der Waals surface area contributed by atoms with Crippen LogP contribution in [0.4, 0.5) is 0 Å². The molecule has 2 fully saturated rings. The number of rotatable bonds is 6. The van der Waals surface area contributed by atoms with Crippen molar-refractivity contribution in [3.05, 3.63) is 0 Å². The molecule has 4 heteroatoms. The molecule has 2 aliphatic carbocycles. The lowest BCUT2D eigenvalue weighted by Crippen LogP contribution is -2.38. The van der Waals surface area contributed by atoms with Crippen molar-refractivity contribution in [2.24, 2.45) is 4.99 Å². The number of hydrogen-bond acceptors (Lipinski definition) is 2. The Morgan fingerprint density at radius 3 is 2.47 bits per heavy atom. The Morgan fingerprint density at radius 1 is 1.11 bits per heavy atom. The molecular weight excluding hydrogens is 238 g/mol. The lowest BCUT2D eigenvalue weighted by molar-refractivity contribution is 0.0487. The van der Waals surface area contributed by atoms with Gasteiger partial charge in [0.2, 0.25) is 0 Å². The van der Waals surface area contributed by atoms with Crippen LogP contribution in [0.5, 0.6) is 0 Å². The van der Waals surface area contributed by atoms with E-state index in [4.69, 9.17) is 4.74 Å². The van der Waals surface area contributed by atoms with Gasteiger partial charge in [-0.2, -0.15) is 0 Å². The number of ether oxygens (including phenoxy) is 1. The number of aliphatic imine (C=N–C) groups is 1. The lowest BCUT2D eigenvalue weighted by Gasteiger charge is -2.15. The number of guanidine groups is 1. The molecule has 0 bridgehead atoms. The summed E-state index contributed by atoms with van der Waals surface area (Å²) in [5.41, 5.74) is 0. The monoisotopic (exact) mass is 267 g/mol. The van der Waals surface area contributed by atoms with E-state index < -0.39 is 0 Å². The van der Waals surface area contributed by atoms with Crippen molar-refractivity contribution in [3.8, 4) is 0 Å². The van der Waals surface area contributed by atoms with Gasteiger partial charge in [-0.1, -0.05) is 25.7 Å². The molecule has 4 nitrogen and oxygen atoms in total. The van der Waals surface area contributed by atoms with E-state index in [-0.39, 0.29) is 0 Å². The van der Waals surface area contributed by atoms with Gasteiger partial charge in [0.1, 0.15) is 0 Å². The fourth-order valence-electron chi connectivity index (χ4n) is 2.53. The quantitative estimate of drug-likeness (QED) is 0.336. The summed E-state index contributed by atoms with van der Waals surface area (Å²) in [5.74, 6) is 0.953. The van der Waals surface area contributed by atoms with Crippen molar-refractivity contribution in [2.75, 3.05) is 19.7 Å². The SMILES string of the molecule is CCNC(=NCCOC1CCCCCC1)NC1CC1. The second-order valence-electron chi connectivity index (χ2n) is 5.66. The van der Waals surface area contributed by atoms with Crippen LogP contribution in [0, 0.1) is 0 Å². The van der Waals surface area contributed by atoms with Gasteiger partial charge >= 0.3 is 0 Å². The molecule has 0 aromatic carbocycles. The normalized spacial score (nSPS) is 22.1. The van der Waals surface area contributed by atoms with E-state index in [2.05, 4.69) is 22.5 Å². The molecule has 2 saturated carbocycles. The molecule has 0 aromatic rings. The second-order valence-corrected chi connectivity index (χ2v) is 5.66. The zero-order valence-electron chi connectivity index (χ0n) is 12.3. The Bertz CT molecular complexity index is 269. The smallest absolute Gasteiger partial charge is 0.191 e. The van der Waals surface area contributed by atoms with Crippen LogP contribution >= 0.6 is 0 Å². The molecular formula is C15H29N3O. The summed E-state index contributed by atoms with van der Waals surface area (Å²) >= 11 is 0. The summed E-state index contributed by atoms with van der Waals surface area (Å²) in [7, 11) is 0. The molecule has 0 unspecified atom stereocenters. The van der Waals surface area contributed by atoms with Gasteiger partial charge in [0, 0.05) is 12.6 Å². The van der Waals surface area contributed by atoms with Crippen molar-refractivity contribution < 1.29 is 4.74 Å². The van der Waals surface area contributed by atoms with E-state index in [1.54, 1.807) is 0 Å². The van der Waals surface area contributed by atoms with Crippen LogP contribution in [0.1, 0.15) is 58.3 Å². The van der Waals surface area contributed by atoms with E-state index in [9.17, 15) is 0 Å². The molecule has 0 saturated heterocycles. The topological polar surface area (TPSA) is 45.7 Å². The largest absolute Gasteiger partial charge is 0.376 e. The standard InChI is InChI=1S/C15H29N3O/c1-2-16-15(18-13-9-10-13)17-11-12-19-14-7-5-3-4-6-8-14/h13-14H,2-12H2,1H3,(H2,16,17,18). The zero-order valence-corrected chi connectivity index (χ0v) is 12.3. The molecule has 2 rings (SSSR count). The summed E-state index contributed by atoms with van der Waals surface area (Å²) in [6, 6.07) is 0.653. The first-order valence-corrected chi connectivity index (χ1v) is 8.05. The van der Waals surface area contributed by atoms with Crippen molar-refractivity contribution in [3.63, 3.8) is 0 Å². The number of nitrogens with zero attached hydrogens (tertiary/aromatic N) is 1. The Hall–Kier alpha value is -0.770. The number of nitrogens with one attached hydrogen (secondary N) is 2. The lowest BCUT2D eigenvalue weighted by atomic mass is 10.1.